The summed E-state index contributed by atoms with van der Waals surface area (Å²) in [5.41, 5.74) is 0.440. The quantitative estimate of drug-likeness (QED) is 0.458. The summed E-state index contributed by atoms with van der Waals surface area (Å²) < 4.78 is 18.1. The minimum absolute atomic E-state index is 0.0119. The van der Waals surface area contributed by atoms with Crippen LogP contribution in [0, 0.1) is 0 Å². The second kappa shape index (κ2) is 9.33. The van der Waals surface area contributed by atoms with Gasteiger partial charge in [-0.2, -0.15) is 0 Å². The minimum atomic E-state index is -2.17. The second-order valence-corrected chi connectivity index (χ2v) is 15.6. The monoisotopic (exact) mass is 449 g/mol. The molecule has 0 unspecified atom stereocenters. The van der Waals surface area contributed by atoms with Crippen LogP contribution < -0.4 is 0 Å². The number of carbonyl (C=O) groups is 2. The highest BCUT2D eigenvalue weighted by atomic mass is 28.4. The number of carbonyl (C=O) groups excluding carboxylic acids is 2. The summed E-state index contributed by atoms with van der Waals surface area (Å²) in [6.07, 6.45) is -0.813. The molecule has 1 aliphatic heterocycles. The van der Waals surface area contributed by atoms with Crippen LogP contribution in [0.3, 0.4) is 0 Å². The maximum Gasteiger partial charge on any atom is 0.410 e. The molecule has 0 bridgehead atoms. The number of amides is 1. The van der Waals surface area contributed by atoms with Crippen molar-refractivity contribution in [2.75, 3.05) is 6.54 Å². The van der Waals surface area contributed by atoms with E-state index in [2.05, 4.69) is 33.9 Å². The van der Waals surface area contributed by atoms with Crippen molar-refractivity contribution < 1.29 is 23.5 Å². The number of hydrogen-bond acceptors (Lipinski definition) is 5. The molecule has 1 fully saturated rings. The Balaban J connectivity index is 2.41. The zero-order valence-electron chi connectivity index (χ0n) is 20.5. The molecule has 0 radical (unpaired) electrons. The van der Waals surface area contributed by atoms with E-state index in [1.165, 1.54) is 6.92 Å². The first-order valence-electron chi connectivity index (χ1n) is 11.0. The summed E-state index contributed by atoms with van der Waals surface area (Å²) in [5.74, 6) is -0.377. The highest BCUT2D eigenvalue weighted by molar-refractivity contribution is 6.74. The lowest BCUT2D eigenvalue weighted by Gasteiger charge is -2.39. The summed E-state index contributed by atoms with van der Waals surface area (Å²) in [5, 5.41) is -0.0119. The van der Waals surface area contributed by atoms with Gasteiger partial charge < -0.3 is 13.9 Å². The van der Waals surface area contributed by atoms with Crippen molar-refractivity contribution >= 4 is 20.4 Å². The van der Waals surface area contributed by atoms with Crippen LogP contribution in [0.25, 0.3) is 0 Å². The van der Waals surface area contributed by atoms with Gasteiger partial charge in [-0.05, 0) is 50.9 Å². The molecule has 1 amide bonds. The lowest BCUT2D eigenvalue weighted by molar-refractivity contribution is -0.151. The maximum atomic E-state index is 13.1. The Morgan fingerprint density at radius 2 is 1.65 bits per heavy atom. The molecule has 0 spiro atoms. The first kappa shape index (κ1) is 25.4. The third-order valence-corrected chi connectivity index (χ3v) is 10.5. The zero-order valence-corrected chi connectivity index (χ0v) is 21.5. The Kier molecular flexibility index (Phi) is 7.64. The molecule has 0 aliphatic carbocycles. The summed E-state index contributed by atoms with van der Waals surface area (Å²) in [4.78, 5) is 26.8. The molecule has 6 nitrogen and oxygen atoms in total. The van der Waals surface area contributed by atoms with E-state index in [4.69, 9.17) is 13.9 Å². The lowest BCUT2D eigenvalue weighted by atomic mass is 10.0. The Morgan fingerprint density at radius 3 is 2.13 bits per heavy atom. The van der Waals surface area contributed by atoms with Crippen LogP contribution in [-0.4, -0.2) is 55.7 Å². The molecule has 31 heavy (non-hydrogen) atoms. The van der Waals surface area contributed by atoms with E-state index in [0.717, 1.165) is 5.56 Å². The average Bonchev–Trinajstić information content (AvgIpc) is 2.90. The average molecular weight is 450 g/mol. The smallest absolute Gasteiger partial charge is 0.410 e. The SMILES string of the molecule is CC(=O)O[C@@H]1[C@@H](O[Si](C)(C)C(C)(C)C)CN(C(=O)OC(C)(C)C)[C@@H]1Cc1ccccc1. The van der Waals surface area contributed by atoms with E-state index in [0.29, 0.717) is 13.0 Å². The van der Waals surface area contributed by atoms with Crippen LogP contribution in [0.4, 0.5) is 4.79 Å². The third-order valence-electron chi connectivity index (χ3n) is 5.99. The van der Waals surface area contributed by atoms with Crippen LogP contribution in [0.15, 0.2) is 30.3 Å². The molecule has 0 N–H and O–H groups in total. The number of rotatable bonds is 5. The molecule has 1 aromatic carbocycles. The van der Waals surface area contributed by atoms with Gasteiger partial charge in [0.15, 0.2) is 8.32 Å². The standard InChI is InChI=1S/C24H39NO5Si/c1-17(26)28-21-19(15-18-13-11-10-12-14-18)25(22(27)29-23(2,3)4)16-20(21)30-31(8,9)24(5,6)7/h10-14,19-21H,15-16H2,1-9H3/t19-,20+,21+/m1/s1. The molecule has 174 valence electrons. The number of benzene rings is 1. The molecule has 7 heteroatoms. The van der Waals surface area contributed by atoms with E-state index < -0.39 is 32.2 Å². The van der Waals surface area contributed by atoms with Crippen LogP contribution in [0.5, 0.6) is 0 Å². The van der Waals surface area contributed by atoms with E-state index in [1.807, 2.05) is 51.1 Å². The first-order valence-corrected chi connectivity index (χ1v) is 13.9. The summed E-state index contributed by atoms with van der Waals surface area (Å²) >= 11 is 0. The minimum Gasteiger partial charge on any atom is -0.458 e. The second-order valence-electron chi connectivity index (χ2n) is 10.9. The van der Waals surface area contributed by atoms with Crippen molar-refractivity contribution in [3.05, 3.63) is 35.9 Å². The van der Waals surface area contributed by atoms with E-state index in [9.17, 15) is 9.59 Å². The van der Waals surface area contributed by atoms with Gasteiger partial charge in [0, 0.05) is 6.92 Å². The molecule has 3 atom stereocenters. The summed E-state index contributed by atoms with van der Waals surface area (Å²) in [6.45, 7) is 18.1. The van der Waals surface area contributed by atoms with Crippen molar-refractivity contribution in [1.29, 1.82) is 0 Å². The topological polar surface area (TPSA) is 65.1 Å². The van der Waals surface area contributed by atoms with Crippen molar-refractivity contribution in [1.82, 2.24) is 4.90 Å². The molecule has 2 rings (SSSR count). The molecular weight excluding hydrogens is 410 g/mol. The van der Waals surface area contributed by atoms with E-state index in [-0.39, 0.29) is 17.0 Å². The lowest BCUT2D eigenvalue weighted by Crippen LogP contribution is -2.48. The van der Waals surface area contributed by atoms with Crippen LogP contribution in [0.2, 0.25) is 18.1 Å². The summed E-state index contributed by atoms with van der Waals surface area (Å²) in [6, 6.07) is 9.55. The Morgan fingerprint density at radius 1 is 1.06 bits per heavy atom. The Hall–Kier alpha value is -1.86. The molecule has 1 saturated heterocycles. The van der Waals surface area contributed by atoms with Gasteiger partial charge in [-0.1, -0.05) is 51.1 Å². The van der Waals surface area contributed by atoms with Crippen molar-refractivity contribution in [2.24, 2.45) is 0 Å². The predicted molar refractivity (Wildman–Crippen MR) is 124 cm³/mol. The van der Waals surface area contributed by atoms with Crippen molar-refractivity contribution in [3.8, 4) is 0 Å². The van der Waals surface area contributed by atoms with Crippen LogP contribution >= 0.6 is 0 Å². The van der Waals surface area contributed by atoms with Gasteiger partial charge in [-0.25, -0.2) is 4.79 Å². The fourth-order valence-corrected chi connectivity index (χ4v) is 4.80. The molecule has 0 saturated carbocycles. The molecule has 0 aromatic heterocycles. The van der Waals surface area contributed by atoms with Gasteiger partial charge in [0.1, 0.15) is 17.8 Å². The van der Waals surface area contributed by atoms with Gasteiger partial charge in [0.25, 0.3) is 0 Å². The maximum absolute atomic E-state index is 13.1. The highest BCUT2D eigenvalue weighted by Gasteiger charge is 2.51. The highest BCUT2D eigenvalue weighted by Crippen LogP contribution is 2.40. The fraction of sp³-hybridized carbons (Fsp3) is 0.667. The predicted octanol–water partition coefficient (Wildman–Crippen LogP) is 5.17. The Bertz CT molecular complexity index is 766. The Labute approximate surface area is 188 Å². The van der Waals surface area contributed by atoms with E-state index in [1.54, 1.807) is 4.90 Å². The molecular formula is C24H39NO5Si. The van der Waals surface area contributed by atoms with Gasteiger partial charge in [-0.15, -0.1) is 0 Å². The third kappa shape index (κ3) is 6.81. The van der Waals surface area contributed by atoms with Gasteiger partial charge in [0.2, 0.25) is 0 Å². The zero-order chi connectivity index (χ0) is 23.6. The van der Waals surface area contributed by atoms with Crippen molar-refractivity contribution in [3.63, 3.8) is 0 Å². The van der Waals surface area contributed by atoms with Crippen LogP contribution in [-0.2, 0) is 25.1 Å². The first-order chi connectivity index (χ1) is 14.1. The van der Waals surface area contributed by atoms with Gasteiger partial charge in [-0.3, -0.25) is 9.69 Å². The van der Waals surface area contributed by atoms with Crippen LogP contribution in [0.1, 0.15) is 54.0 Å². The fourth-order valence-electron chi connectivity index (χ4n) is 3.48. The molecule has 1 heterocycles. The van der Waals surface area contributed by atoms with Gasteiger partial charge in [0.05, 0.1) is 12.6 Å². The molecule has 1 aliphatic rings. The summed E-state index contributed by atoms with van der Waals surface area (Å²) in [7, 11) is -2.17. The largest absolute Gasteiger partial charge is 0.458 e. The number of likely N-dealkylation sites (tertiary alicyclic amines) is 1. The number of ether oxygens (including phenoxy) is 2. The normalized spacial score (nSPS) is 22.4. The van der Waals surface area contributed by atoms with E-state index >= 15 is 0 Å². The number of nitrogens with zero attached hydrogens (tertiary/aromatic N) is 1. The number of esters is 1. The number of hydrogen-bond donors (Lipinski definition) is 0. The van der Waals surface area contributed by atoms with Gasteiger partial charge >= 0.3 is 12.1 Å². The van der Waals surface area contributed by atoms with Crippen molar-refractivity contribution in [2.45, 2.75) is 96.9 Å². The molecule has 1 aromatic rings.